The van der Waals surface area contributed by atoms with E-state index < -0.39 is 36.5 Å². The molecule has 0 saturated carbocycles. The number of nitrogens with one attached hydrogen (secondary N) is 1. The molecule has 0 aliphatic carbocycles. The molecule has 6 N–H and O–H groups in total. The monoisotopic (exact) mass is 540 g/mol. The predicted molar refractivity (Wildman–Crippen MR) is 130 cm³/mol. The lowest BCUT2D eigenvalue weighted by Gasteiger charge is -2.33. The van der Waals surface area contributed by atoms with E-state index >= 15 is 0 Å². The summed E-state index contributed by atoms with van der Waals surface area (Å²) >= 11 is 0. The highest BCUT2D eigenvalue weighted by atomic mass is 19.4. The maximum absolute atomic E-state index is 14.8. The molecule has 0 bridgehead atoms. The van der Waals surface area contributed by atoms with Crippen LogP contribution in [0.5, 0.6) is 0 Å². The lowest BCUT2D eigenvalue weighted by molar-refractivity contribution is -0.138. The number of hydrogen-bond acceptors (Lipinski definition) is 7. The van der Waals surface area contributed by atoms with Crippen molar-refractivity contribution in [1.82, 2.24) is 19.8 Å². The van der Waals surface area contributed by atoms with Gasteiger partial charge in [0.15, 0.2) is 5.84 Å². The summed E-state index contributed by atoms with van der Waals surface area (Å²) in [5.74, 6) is 9.76. The third kappa shape index (κ3) is 6.66. The summed E-state index contributed by atoms with van der Waals surface area (Å²) in [6.45, 7) is -0.0518. The SMILES string of the molecule is CC(CO)N(N)/C(=N\N)c1cccc(NC(=O)c2cc3c(cc2F)CCN(C(=O)N(C)CC(F)(F)F)C3)n1. The summed E-state index contributed by atoms with van der Waals surface area (Å²) < 4.78 is 52.9. The van der Waals surface area contributed by atoms with Crippen LogP contribution in [0.15, 0.2) is 35.4 Å². The standard InChI is InChI=1S/C23H28F4N8O3/c1-13(11-36)35(29)20(32-28)18-4-3-5-19(30-18)31-21(37)16-8-15-10-34(7-6-14(15)9-17(16)24)22(38)33(2)12-23(25,26)27/h3-5,8-9,13,36H,6-7,10-12,28-29H2,1-2H3,(H,30,31,37)/b32-20-. The van der Waals surface area contributed by atoms with E-state index in [-0.39, 0.29) is 49.0 Å². The molecular weight excluding hydrogens is 512 g/mol. The summed E-state index contributed by atoms with van der Waals surface area (Å²) in [6.07, 6.45) is -4.33. The van der Waals surface area contributed by atoms with Gasteiger partial charge >= 0.3 is 12.2 Å². The first-order valence-corrected chi connectivity index (χ1v) is 11.4. The van der Waals surface area contributed by atoms with E-state index in [0.717, 1.165) is 12.1 Å². The third-order valence-corrected chi connectivity index (χ3v) is 5.89. The van der Waals surface area contributed by atoms with Crippen molar-refractivity contribution < 1.29 is 32.3 Å². The summed E-state index contributed by atoms with van der Waals surface area (Å²) in [7, 11) is 1.05. The first-order valence-electron chi connectivity index (χ1n) is 11.4. The van der Waals surface area contributed by atoms with Gasteiger partial charge in [0.2, 0.25) is 0 Å². The van der Waals surface area contributed by atoms with Gasteiger partial charge in [0.25, 0.3) is 5.91 Å². The van der Waals surface area contributed by atoms with Gasteiger partial charge in [-0.2, -0.15) is 18.3 Å². The quantitative estimate of drug-likeness (QED) is 0.143. The van der Waals surface area contributed by atoms with Crippen LogP contribution in [0.3, 0.4) is 0 Å². The van der Waals surface area contributed by atoms with Crippen LogP contribution in [0.4, 0.5) is 28.2 Å². The zero-order chi connectivity index (χ0) is 28.2. The normalized spacial score (nSPS) is 14.5. The summed E-state index contributed by atoms with van der Waals surface area (Å²) in [5.41, 5.74) is 0.825. The molecule has 1 aromatic carbocycles. The van der Waals surface area contributed by atoms with E-state index in [0.29, 0.717) is 16.0 Å². The summed E-state index contributed by atoms with van der Waals surface area (Å²) in [4.78, 5) is 31.4. The zero-order valence-corrected chi connectivity index (χ0v) is 20.7. The molecule has 3 amide bonds. The van der Waals surface area contributed by atoms with Crippen LogP contribution in [0.1, 0.15) is 34.1 Å². The number of nitrogens with two attached hydrogens (primary N) is 2. The number of anilines is 1. The van der Waals surface area contributed by atoms with E-state index in [4.69, 9.17) is 11.7 Å². The highest BCUT2D eigenvalue weighted by molar-refractivity contribution is 6.04. The first kappa shape index (κ1) is 28.6. The van der Waals surface area contributed by atoms with Gasteiger partial charge in [-0.15, -0.1) is 0 Å². The topological polar surface area (TPSA) is 153 Å². The smallest absolute Gasteiger partial charge is 0.394 e. The number of aliphatic hydroxyl groups excluding tert-OH is 1. The average Bonchev–Trinajstić information content (AvgIpc) is 2.86. The number of alkyl halides is 3. The summed E-state index contributed by atoms with van der Waals surface area (Å²) in [6, 6.07) is 5.57. The largest absolute Gasteiger partial charge is 0.406 e. The minimum absolute atomic E-state index is 0.0291. The Balaban J connectivity index is 1.79. The number of hydrogen-bond donors (Lipinski definition) is 4. The van der Waals surface area contributed by atoms with E-state index in [1.165, 1.54) is 35.2 Å². The Bertz CT molecular complexity index is 1220. The second-order valence-electron chi connectivity index (χ2n) is 8.78. The van der Waals surface area contributed by atoms with E-state index in [2.05, 4.69) is 15.4 Å². The number of amidine groups is 1. The zero-order valence-electron chi connectivity index (χ0n) is 20.7. The van der Waals surface area contributed by atoms with Crippen LogP contribution in [0.2, 0.25) is 0 Å². The van der Waals surface area contributed by atoms with Gasteiger partial charge in [0, 0.05) is 20.1 Å². The van der Waals surface area contributed by atoms with E-state index in [1.807, 2.05) is 0 Å². The van der Waals surface area contributed by atoms with Crippen LogP contribution in [-0.4, -0.2) is 81.6 Å². The molecule has 0 radical (unpaired) electrons. The Kier molecular flexibility index (Phi) is 8.73. The number of fused-ring (bicyclic) bond motifs is 1. The van der Waals surface area contributed by atoms with E-state index in [1.54, 1.807) is 6.92 Å². The molecule has 206 valence electrons. The molecule has 1 atom stereocenters. The summed E-state index contributed by atoms with van der Waals surface area (Å²) in [5, 5.41) is 16.5. The Morgan fingerprint density at radius 2 is 2.00 bits per heavy atom. The fourth-order valence-electron chi connectivity index (χ4n) is 3.87. The molecule has 0 saturated heterocycles. The highest BCUT2D eigenvalue weighted by Crippen LogP contribution is 2.25. The average molecular weight is 541 g/mol. The molecule has 1 aliphatic rings. The van der Waals surface area contributed by atoms with Crippen LogP contribution in [-0.2, 0) is 13.0 Å². The molecule has 3 rings (SSSR count). The fraction of sp³-hybridized carbons (Fsp3) is 0.391. The Morgan fingerprint density at radius 3 is 2.63 bits per heavy atom. The van der Waals surface area contributed by atoms with Crippen molar-refractivity contribution in [2.45, 2.75) is 32.1 Å². The van der Waals surface area contributed by atoms with Crippen molar-refractivity contribution in [1.29, 1.82) is 0 Å². The second-order valence-corrected chi connectivity index (χ2v) is 8.78. The second kappa shape index (κ2) is 11.6. The number of carbonyl (C=O) groups excluding carboxylic acids is 2. The minimum atomic E-state index is -4.55. The number of benzene rings is 1. The van der Waals surface area contributed by atoms with Crippen LogP contribution >= 0.6 is 0 Å². The molecule has 1 unspecified atom stereocenters. The number of hydrazine groups is 1. The molecule has 1 aromatic heterocycles. The molecule has 1 aliphatic heterocycles. The minimum Gasteiger partial charge on any atom is -0.394 e. The number of urea groups is 1. The van der Waals surface area contributed by atoms with Gasteiger partial charge in [-0.3, -0.25) is 9.80 Å². The molecular formula is C23H28F4N8O3. The van der Waals surface area contributed by atoms with Gasteiger partial charge in [0.05, 0.1) is 18.2 Å². The fourth-order valence-corrected chi connectivity index (χ4v) is 3.87. The lowest BCUT2D eigenvalue weighted by atomic mass is 9.96. The number of pyridine rings is 1. The molecule has 11 nitrogen and oxygen atoms in total. The number of carbonyl (C=O) groups is 2. The van der Waals surface area contributed by atoms with Gasteiger partial charge in [-0.05, 0) is 48.7 Å². The van der Waals surface area contributed by atoms with Crippen molar-refractivity contribution in [3.8, 4) is 0 Å². The van der Waals surface area contributed by atoms with Gasteiger partial charge < -0.3 is 26.1 Å². The van der Waals surface area contributed by atoms with Crippen molar-refractivity contribution in [2.75, 3.05) is 32.1 Å². The van der Waals surface area contributed by atoms with Gasteiger partial charge in [-0.25, -0.2) is 20.0 Å². The van der Waals surface area contributed by atoms with Crippen LogP contribution in [0, 0.1) is 5.82 Å². The number of hydrazone groups is 1. The number of amides is 3. The Labute approximate surface area is 215 Å². The van der Waals surface area contributed by atoms with Crippen LogP contribution in [0.25, 0.3) is 0 Å². The van der Waals surface area contributed by atoms with Gasteiger partial charge in [0.1, 0.15) is 23.9 Å². The molecule has 2 heterocycles. The van der Waals surface area contributed by atoms with E-state index in [9.17, 15) is 32.3 Å². The maximum atomic E-state index is 14.8. The molecule has 0 spiro atoms. The highest BCUT2D eigenvalue weighted by Gasteiger charge is 2.34. The molecule has 2 aromatic rings. The van der Waals surface area contributed by atoms with Gasteiger partial charge in [-0.1, -0.05) is 6.07 Å². The van der Waals surface area contributed by atoms with Crippen molar-refractivity contribution in [3.05, 3.63) is 58.5 Å². The van der Waals surface area contributed by atoms with Crippen LogP contribution < -0.4 is 17.0 Å². The molecule has 38 heavy (non-hydrogen) atoms. The molecule has 15 heteroatoms. The predicted octanol–water partition coefficient (Wildman–Crippen LogP) is 1.62. The molecule has 0 fully saturated rings. The number of aliphatic hydroxyl groups is 1. The Morgan fingerprint density at radius 1 is 1.29 bits per heavy atom. The number of nitrogens with zero attached hydrogens (tertiary/aromatic N) is 5. The maximum Gasteiger partial charge on any atom is 0.406 e. The van der Waals surface area contributed by atoms with Crippen molar-refractivity contribution in [3.63, 3.8) is 0 Å². The third-order valence-electron chi connectivity index (χ3n) is 5.89. The van der Waals surface area contributed by atoms with Crippen molar-refractivity contribution in [2.24, 2.45) is 16.8 Å². The van der Waals surface area contributed by atoms with Crippen molar-refractivity contribution >= 4 is 23.6 Å². The Hall–Kier alpha value is -3.98. The first-order chi connectivity index (χ1) is 17.8. The lowest BCUT2D eigenvalue weighted by Crippen LogP contribution is -2.47. The number of halogens is 4. The number of rotatable bonds is 6. The number of aromatic nitrogens is 1.